The molecule has 0 heterocycles. The molecule has 8 heteroatoms. The smallest absolute Gasteiger partial charge is 0.303 e. The summed E-state index contributed by atoms with van der Waals surface area (Å²) >= 11 is 5.81. The van der Waals surface area contributed by atoms with Crippen LogP contribution in [0.5, 0.6) is 0 Å². The van der Waals surface area contributed by atoms with E-state index in [0.717, 1.165) is 0 Å². The van der Waals surface area contributed by atoms with Crippen LogP contribution in [-0.2, 0) is 14.8 Å². The minimum Gasteiger partial charge on any atom is -0.481 e. The molecule has 0 aliphatic carbocycles. The molecule has 0 saturated heterocycles. The molecule has 1 unspecified atom stereocenters. The number of nitrogens with one attached hydrogen (secondary N) is 1. The maximum Gasteiger partial charge on any atom is 0.303 e. The zero-order valence-corrected chi connectivity index (χ0v) is 12.9. The predicted octanol–water partition coefficient (Wildman–Crippen LogP) is 2.13. The first kappa shape index (κ1) is 17.4. The fraction of sp³-hybridized carbons (Fsp3) is 0.385. The Kier molecular flexibility index (Phi) is 6.15. The lowest BCUT2D eigenvalue weighted by Crippen LogP contribution is -2.32. The van der Waals surface area contributed by atoms with Crippen LogP contribution in [0.2, 0.25) is 5.02 Å². The number of carbonyl (C=O) groups is 1. The van der Waals surface area contributed by atoms with Crippen molar-refractivity contribution in [3.63, 3.8) is 0 Å². The van der Waals surface area contributed by atoms with Gasteiger partial charge in [0.15, 0.2) is 0 Å². The van der Waals surface area contributed by atoms with Crippen molar-refractivity contribution in [3.05, 3.63) is 28.8 Å². The van der Waals surface area contributed by atoms with Gasteiger partial charge in [-0.2, -0.15) is 5.26 Å². The Bertz CT molecular complexity index is 667. The number of nitrogens with zero attached hydrogens (tertiary/aromatic N) is 1. The van der Waals surface area contributed by atoms with Gasteiger partial charge in [0.2, 0.25) is 10.0 Å². The van der Waals surface area contributed by atoms with E-state index in [4.69, 9.17) is 22.0 Å². The first-order chi connectivity index (χ1) is 9.76. The highest BCUT2D eigenvalue weighted by Crippen LogP contribution is 2.20. The van der Waals surface area contributed by atoms with E-state index in [9.17, 15) is 13.2 Å². The second-order valence-electron chi connectivity index (χ2n) is 4.56. The largest absolute Gasteiger partial charge is 0.481 e. The fourth-order valence-electron chi connectivity index (χ4n) is 1.70. The van der Waals surface area contributed by atoms with E-state index < -0.39 is 22.0 Å². The van der Waals surface area contributed by atoms with Crippen LogP contribution in [0.15, 0.2) is 23.1 Å². The van der Waals surface area contributed by atoms with Crippen molar-refractivity contribution in [3.8, 4) is 6.07 Å². The van der Waals surface area contributed by atoms with Gasteiger partial charge >= 0.3 is 5.97 Å². The zero-order valence-electron chi connectivity index (χ0n) is 11.3. The average Bonchev–Trinajstić information content (AvgIpc) is 2.37. The number of nitriles is 1. The Labute approximate surface area is 128 Å². The molecule has 21 heavy (non-hydrogen) atoms. The summed E-state index contributed by atoms with van der Waals surface area (Å²) in [5.74, 6) is -0.913. The van der Waals surface area contributed by atoms with Crippen molar-refractivity contribution in [2.75, 3.05) is 0 Å². The number of sulfonamides is 1. The average molecular weight is 331 g/mol. The summed E-state index contributed by atoms with van der Waals surface area (Å²) in [6.45, 7) is 1.66. The van der Waals surface area contributed by atoms with Gasteiger partial charge in [0.25, 0.3) is 0 Å². The molecule has 0 spiro atoms. The first-order valence-electron chi connectivity index (χ1n) is 6.20. The standard InChI is InChI=1S/C13H15ClN2O4S/c1-9(3-2-4-13(17)18)16-21(19,20)11-6-5-10(8-15)12(14)7-11/h5-7,9,16H,2-4H2,1H3,(H,17,18). The number of benzene rings is 1. The van der Waals surface area contributed by atoms with Crippen LogP contribution in [0.3, 0.4) is 0 Å². The van der Waals surface area contributed by atoms with Crippen LogP contribution in [-0.4, -0.2) is 25.5 Å². The van der Waals surface area contributed by atoms with Gasteiger partial charge in [-0.15, -0.1) is 0 Å². The van der Waals surface area contributed by atoms with Crippen LogP contribution in [0.4, 0.5) is 0 Å². The Morgan fingerprint density at radius 2 is 2.19 bits per heavy atom. The van der Waals surface area contributed by atoms with E-state index in [1.54, 1.807) is 6.92 Å². The third kappa shape index (κ3) is 5.34. The number of aliphatic carboxylic acids is 1. The lowest BCUT2D eigenvalue weighted by molar-refractivity contribution is -0.137. The van der Waals surface area contributed by atoms with E-state index in [1.165, 1.54) is 18.2 Å². The normalized spacial score (nSPS) is 12.6. The van der Waals surface area contributed by atoms with Crippen LogP contribution < -0.4 is 4.72 Å². The maximum absolute atomic E-state index is 12.1. The van der Waals surface area contributed by atoms with E-state index in [-0.39, 0.29) is 21.9 Å². The van der Waals surface area contributed by atoms with Crippen molar-refractivity contribution in [1.82, 2.24) is 4.72 Å². The molecule has 0 aliphatic heterocycles. The van der Waals surface area contributed by atoms with Crippen LogP contribution >= 0.6 is 11.6 Å². The third-order valence-corrected chi connectivity index (χ3v) is 4.66. The molecule has 0 saturated carbocycles. The van der Waals surface area contributed by atoms with Crippen LogP contribution in [0.25, 0.3) is 0 Å². The van der Waals surface area contributed by atoms with E-state index in [2.05, 4.69) is 4.72 Å². The lowest BCUT2D eigenvalue weighted by atomic mass is 10.1. The topological polar surface area (TPSA) is 107 Å². The summed E-state index contributed by atoms with van der Waals surface area (Å²) in [7, 11) is -3.75. The Morgan fingerprint density at radius 1 is 1.52 bits per heavy atom. The van der Waals surface area contributed by atoms with E-state index in [0.29, 0.717) is 12.8 Å². The van der Waals surface area contributed by atoms with Gasteiger partial charge in [-0.1, -0.05) is 11.6 Å². The van der Waals surface area contributed by atoms with Gasteiger partial charge in [-0.05, 0) is 38.0 Å². The first-order valence-corrected chi connectivity index (χ1v) is 8.06. The fourth-order valence-corrected chi connectivity index (χ4v) is 3.30. The van der Waals surface area contributed by atoms with Gasteiger partial charge in [-0.3, -0.25) is 4.79 Å². The molecule has 114 valence electrons. The quantitative estimate of drug-likeness (QED) is 0.796. The summed E-state index contributed by atoms with van der Waals surface area (Å²) in [5.41, 5.74) is 0.199. The van der Waals surface area contributed by atoms with Gasteiger partial charge in [-0.25, -0.2) is 13.1 Å². The number of halogens is 1. The molecule has 1 atom stereocenters. The lowest BCUT2D eigenvalue weighted by Gasteiger charge is -2.14. The summed E-state index contributed by atoms with van der Waals surface area (Å²) in [6.07, 6.45) is 0.789. The van der Waals surface area contributed by atoms with Crippen LogP contribution in [0, 0.1) is 11.3 Å². The minimum atomic E-state index is -3.75. The van der Waals surface area contributed by atoms with Crippen molar-refractivity contribution >= 4 is 27.6 Å². The Balaban J connectivity index is 2.75. The van der Waals surface area contributed by atoms with Crippen molar-refractivity contribution < 1.29 is 18.3 Å². The second kappa shape index (κ2) is 7.41. The molecule has 6 nitrogen and oxygen atoms in total. The summed E-state index contributed by atoms with van der Waals surface area (Å²) in [6, 6.07) is 5.31. The van der Waals surface area contributed by atoms with Gasteiger partial charge in [0.1, 0.15) is 6.07 Å². The number of rotatable bonds is 7. The molecule has 0 fully saturated rings. The molecule has 0 radical (unpaired) electrons. The summed E-state index contributed by atoms with van der Waals surface area (Å²) in [5, 5.41) is 17.4. The number of carboxylic acids is 1. The summed E-state index contributed by atoms with van der Waals surface area (Å²) < 4.78 is 26.7. The maximum atomic E-state index is 12.1. The highest BCUT2D eigenvalue weighted by atomic mass is 35.5. The molecule has 1 rings (SSSR count). The number of carboxylic acid groups (broad SMARTS) is 1. The second-order valence-corrected chi connectivity index (χ2v) is 6.68. The number of hydrogen-bond donors (Lipinski definition) is 2. The molecule has 1 aromatic rings. The Morgan fingerprint density at radius 3 is 2.71 bits per heavy atom. The van der Waals surface area contributed by atoms with Gasteiger partial charge in [0.05, 0.1) is 15.5 Å². The molecule has 0 amide bonds. The van der Waals surface area contributed by atoms with Gasteiger partial charge in [0, 0.05) is 12.5 Å². The SMILES string of the molecule is CC(CCCC(=O)O)NS(=O)(=O)c1ccc(C#N)c(Cl)c1. The number of hydrogen-bond acceptors (Lipinski definition) is 4. The molecule has 0 bridgehead atoms. The zero-order chi connectivity index (χ0) is 16.0. The monoisotopic (exact) mass is 330 g/mol. The van der Waals surface area contributed by atoms with Crippen molar-refractivity contribution in [1.29, 1.82) is 5.26 Å². The highest BCUT2D eigenvalue weighted by molar-refractivity contribution is 7.89. The molecular formula is C13H15ClN2O4S. The minimum absolute atomic E-state index is 0.00520. The molecule has 2 N–H and O–H groups in total. The highest BCUT2D eigenvalue weighted by Gasteiger charge is 2.18. The van der Waals surface area contributed by atoms with E-state index >= 15 is 0 Å². The predicted molar refractivity (Wildman–Crippen MR) is 77.4 cm³/mol. The van der Waals surface area contributed by atoms with E-state index in [1.807, 2.05) is 6.07 Å². The molecule has 0 aromatic heterocycles. The molecule has 0 aliphatic rings. The van der Waals surface area contributed by atoms with Crippen molar-refractivity contribution in [2.24, 2.45) is 0 Å². The van der Waals surface area contributed by atoms with Crippen molar-refractivity contribution in [2.45, 2.75) is 37.1 Å². The molecular weight excluding hydrogens is 316 g/mol. The molecule has 1 aromatic carbocycles. The Hall–Kier alpha value is -1.62. The van der Waals surface area contributed by atoms with Crippen LogP contribution in [0.1, 0.15) is 31.7 Å². The van der Waals surface area contributed by atoms with Gasteiger partial charge < -0.3 is 5.11 Å². The summed E-state index contributed by atoms with van der Waals surface area (Å²) in [4.78, 5) is 10.4. The third-order valence-electron chi connectivity index (χ3n) is 2.76.